The fourth-order valence-corrected chi connectivity index (χ4v) is 4.69. The minimum atomic E-state index is -1.93. The molecule has 4 rings (SSSR count). The predicted molar refractivity (Wildman–Crippen MR) is 88.0 cm³/mol. The number of nitrogens with zero attached hydrogens (tertiary/aromatic N) is 3. The van der Waals surface area contributed by atoms with E-state index in [9.17, 15) is 20.6 Å². The molecule has 0 saturated carbocycles. The molecule has 2 aliphatic carbocycles. The maximum absolute atomic E-state index is 13.2. The first-order valence-electron chi connectivity index (χ1n) is 7.92. The van der Waals surface area contributed by atoms with Crippen molar-refractivity contribution < 1.29 is 4.79 Å². The van der Waals surface area contributed by atoms with Crippen molar-refractivity contribution in [1.82, 2.24) is 0 Å². The molecule has 0 fully saturated rings. The molecule has 0 aromatic heterocycles. The third kappa shape index (κ3) is 1.40. The Morgan fingerprint density at radius 1 is 1.20 bits per heavy atom. The van der Waals surface area contributed by atoms with Gasteiger partial charge in [-0.15, -0.1) is 0 Å². The summed E-state index contributed by atoms with van der Waals surface area (Å²) in [6.45, 7) is 0. The van der Waals surface area contributed by atoms with Crippen molar-refractivity contribution in [1.29, 1.82) is 15.8 Å². The van der Waals surface area contributed by atoms with Gasteiger partial charge in [-0.25, -0.2) is 0 Å². The fourth-order valence-electron chi connectivity index (χ4n) is 4.69. The van der Waals surface area contributed by atoms with Crippen LogP contribution in [0.5, 0.6) is 0 Å². The summed E-state index contributed by atoms with van der Waals surface area (Å²) in [5, 5.41) is 32.4. The lowest BCUT2D eigenvalue weighted by Gasteiger charge is -2.47. The molecule has 3 N–H and O–H groups in total. The number of carbonyl (C=O) groups excluding carboxylic acids is 1. The number of anilines is 1. The van der Waals surface area contributed by atoms with E-state index in [4.69, 9.17) is 5.73 Å². The number of carbonyl (C=O) groups is 1. The van der Waals surface area contributed by atoms with E-state index in [1.807, 2.05) is 24.3 Å². The summed E-state index contributed by atoms with van der Waals surface area (Å²) in [5.41, 5.74) is 4.73. The third-order valence-corrected chi connectivity index (χ3v) is 5.68. The fraction of sp³-hybridized carbons (Fsp3) is 0.263. The summed E-state index contributed by atoms with van der Waals surface area (Å²) < 4.78 is 0. The van der Waals surface area contributed by atoms with Gasteiger partial charge in [-0.1, -0.05) is 24.3 Å². The van der Waals surface area contributed by atoms with Gasteiger partial charge < -0.3 is 11.1 Å². The van der Waals surface area contributed by atoms with Crippen molar-refractivity contribution in [3.8, 4) is 18.2 Å². The smallest absolute Gasteiger partial charge is 0.238 e. The van der Waals surface area contributed by atoms with Crippen molar-refractivity contribution in [2.45, 2.75) is 18.3 Å². The lowest BCUT2D eigenvalue weighted by molar-refractivity contribution is -0.124. The van der Waals surface area contributed by atoms with Gasteiger partial charge in [-0.3, -0.25) is 4.79 Å². The third-order valence-electron chi connectivity index (χ3n) is 5.68. The van der Waals surface area contributed by atoms with Crippen molar-refractivity contribution >= 4 is 11.6 Å². The minimum absolute atomic E-state index is 0.128. The van der Waals surface area contributed by atoms with Gasteiger partial charge in [-0.2, -0.15) is 15.8 Å². The van der Waals surface area contributed by atoms with Crippen LogP contribution in [0.3, 0.4) is 0 Å². The molecular weight excluding hydrogens is 314 g/mol. The van der Waals surface area contributed by atoms with Crippen LogP contribution in [-0.4, -0.2) is 5.91 Å². The molecule has 6 nitrogen and oxygen atoms in total. The van der Waals surface area contributed by atoms with E-state index in [1.54, 1.807) is 24.3 Å². The zero-order valence-corrected chi connectivity index (χ0v) is 13.2. The molecule has 1 aliphatic heterocycles. The largest absolute Gasteiger partial charge is 0.399 e. The number of nitriles is 3. The molecule has 120 valence electrons. The molecule has 25 heavy (non-hydrogen) atoms. The summed E-state index contributed by atoms with van der Waals surface area (Å²) in [5.74, 6) is -0.841. The molecule has 1 heterocycles. The number of hydrogen-bond donors (Lipinski definition) is 2. The molecule has 0 radical (unpaired) electrons. The summed E-state index contributed by atoms with van der Waals surface area (Å²) in [4.78, 5) is 13.2. The second-order valence-corrected chi connectivity index (χ2v) is 6.47. The Morgan fingerprint density at radius 2 is 1.92 bits per heavy atom. The Morgan fingerprint density at radius 3 is 2.60 bits per heavy atom. The van der Waals surface area contributed by atoms with Crippen molar-refractivity contribution in [3.05, 3.63) is 52.7 Å². The second-order valence-electron chi connectivity index (χ2n) is 6.47. The lowest BCUT2D eigenvalue weighted by atomic mass is 9.49. The normalized spacial score (nSPS) is 28.3. The maximum Gasteiger partial charge on any atom is 0.238 e. The van der Waals surface area contributed by atoms with E-state index in [0.717, 1.165) is 0 Å². The summed E-state index contributed by atoms with van der Waals surface area (Å²) in [7, 11) is 0. The van der Waals surface area contributed by atoms with Crippen LogP contribution in [-0.2, 0) is 10.2 Å². The van der Waals surface area contributed by atoms with Crippen LogP contribution in [0.4, 0.5) is 5.69 Å². The minimum Gasteiger partial charge on any atom is -0.399 e. The molecule has 2 unspecified atom stereocenters. The zero-order valence-electron chi connectivity index (χ0n) is 13.2. The summed E-state index contributed by atoms with van der Waals surface area (Å²) in [6, 6.07) is 13.1. The highest BCUT2D eigenvalue weighted by atomic mass is 16.2. The zero-order chi connectivity index (χ0) is 17.8. The molecule has 3 aliphatic rings. The number of benzene rings is 1. The molecule has 1 spiro atoms. The van der Waals surface area contributed by atoms with Gasteiger partial charge in [0.2, 0.25) is 11.3 Å². The summed E-state index contributed by atoms with van der Waals surface area (Å²) >= 11 is 0. The number of hydrogen-bond acceptors (Lipinski definition) is 5. The number of allylic oxidation sites excluding steroid dienone is 4. The van der Waals surface area contributed by atoms with E-state index >= 15 is 0 Å². The van der Waals surface area contributed by atoms with Gasteiger partial charge in [-0.05, 0) is 30.0 Å². The van der Waals surface area contributed by atoms with Crippen LogP contribution in [0.25, 0.3) is 0 Å². The Bertz CT molecular complexity index is 999. The van der Waals surface area contributed by atoms with E-state index in [-0.39, 0.29) is 11.3 Å². The molecule has 1 aromatic rings. The second kappa shape index (κ2) is 4.72. The number of para-hydroxylation sites is 1. The van der Waals surface area contributed by atoms with Crippen LogP contribution in [0.1, 0.15) is 18.4 Å². The van der Waals surface area contributed by atoms with Gasteiger partial charge in [0.15, 0.2) is 0 Å². The standard InChI is InChI=1S/C19H13N5O/c20-8-12-11-4-3-6-13(11)19(18(9-21,10-22)16(12)23)14-5-1-2-7-15(14)24-17(19)25/h1-2,4-5,7,13H,3,6,23H2,(H,24,25). The first kappa shape index (κ1) is 15.0. The van der Waals surface area contributed by atoms with E-state index in [2.05, 4.69) is 5.32 Å². The summed E-state index contributed by atoms with van der Waals surface area (Å²) in [6.07, 6.45) is 3.15. The topological polar surface area (TPSA) is 126 Å². The molecule has 2 atom stereocenters. The van der Waals surface area contributed by atoms with Crippen LogP contribution in [0.2, 0.25) is 0 Å². The Kier molecular flexibility index (Phi) is 2.83. The Hall–Kier alpha value is -3.56. The SMILES string of the molecule is N#CC1=C(N)C(C#N)(C#N)C2(C(=O)Nc3ccccc32)C2CCC=C12. The average Bonchev–Trinajstić information content (AvgIpc) is 3.21. The molecule has 0 saturated heterocycles. The van der Waals surface area contributed by atoms with Gasteiger partial charge in [0, 0.05) is 11.6 Å². The first-order chi connectivity index (χ1) is 12.1. The van der Waals surface area contributed by atoms with Crippen LogP contribution in [0, 0.1) is 45.3 Å². The monoisotopic (exact) mass is 327 g/mol. The Labute approximate surface area is 144 Å². The molecule has 1 amide bonds. The number of amides is 1. The highest BCUT2D eigenvalue weighted by molar-refractivity contribution is 6.09. The maximum atomic E-state index is 13.2. The number of nitrogens with two attached hydrogens (primary N) is 1. The molecule has 1 aromatic carbocycles. The van der Waals surface area contributed by atoms with Gasteiger partial charge >= 0.3 is 0 Å². The van der Waals surface area contributed by atoms with E-state index in [1.165, 1.54) is 0 Å². The number of rotatable bonds is 0. The first-order valence-corrected chi connectivity index (χ1v) is 7.92. The van der Waals surface area contributed by atoms with E-state index in [0.29, 0.717) is 29.7 Å². The highest BCUT2D eigenvalue weighted by Gasteiger charge is 2.71. The van der Waals surface area contributed by atoms with Gasteiger partial charge in [0.25, 0.3) is 0 Å². The number of nitrogens with one attached hydrogen (secondary N) is 1. The van der Waals surface area contributed by atoms with Crippen LogP contribution < -0.4 is 11.1 Å². The van der Waals surface area contributed by atoms with E-state index < -0.39 is 22.7 Å². The lowest BCUT2D eigenvalue weighted by Crippen LogP contribution is -2.59. The number of fused-ring (bicyclic) bond motifs is 4. The average molecular weight is 327 g/mol. The van der Waals surface area contributed by atoms with Gasteiger partial charge in [0.05, 0.1) is 23.4 Å². The molecule has 0 bridgehead atoms. The van der Waals surface area contributed by atoms with Gasteiger partial charge in [0.1, 0.15) is 11.5 Å². The molecular formula is C19H13N5O. The van der Waals surface area contributed by atoms with Crippen LogP contribution >= 0.6 is 0 Å². The van der Waals surface area contributed by atoms with Crippen LogP contribution in [0.15, 0.2) is 47.2 Å². The Balaban J connectivity index is 2.20. The van der Waals surface area contributed by atoms with Crippen molar-refractivity contribution in [2.75, 3.05) is 5.32 Å². The quantitative estimate of drug-likeness (QED) is 0.753. The predicted octanol–water partition coefficient (Wildman–Crippen LogP) is 2.00. The van der Waals surface area contributed by atoms with Crippen molar-refractivity contribution in [3.63, 3.8) is 0 Å². The highest BCUT2D eigenvalue weighted by Crippen LogP contribution is 2.63. The van der Waals surface area contributed by atoms with Crippen molar-refractivity contribution in [2.24, 2.45) is 17.1 Å². The molecule has 6 heteroatoms.